The van der Waals surface area contributed by atoms with Crippen molar-refractivity contribution in [2.24, 2.45) is 0 Å². The summed E-state index contributed by atoms with van der Waals surface area (Å²) in [7, 11) is 0. The third-order valence-corrected chi connectivity index (χ3v) is 3.82. The number of hydrogen-bond acceptors (Lipinski definition) is 1. The van der Waals surface area contributed by atoms with Crippen molar-refractivity contribution in [3.05, 3.63) is 26.6 Å². The van der Waals surface area contributed by atoms with Gasteiger partial charge in [0.1, 0.15) is 0 Å². The number of anilines is 1. The Kier molecular flexibility index (Phi) is 3.73. The van der Waals surface area contributed by atoms with Gasteiger partial charge in [0.15, 0.2) is 0 Å². The molecule has 0 radical (unpaired) electrons. The van der Waals surface area contributed by atoms with Crippen LogP contribution >= 0.6 is 31.9 Å². The summed E-state index contributed by atoms with van der Waals surface area (Å²) in [6, 6.07) is 2.79. The standard InChI is InChI=1S/C11H10Br2F3N/c12-7-5-8(11(14,15)16)10(9(13)6-7)17-3-1-2-4-17/h5-6H,1-4H2. The molecular formula is C11H10Br2F3N. The molecule has 17 heavy (non-hydrogen) atoms. The molecule has 1 nitrogen and oxygen atoms in total. The normalized spacial score (nSPS) is 16.6. The highest BCUT2D eigenvalue weighted by molar-refractivity contribution is 9.11. The smallest absolute Gasteiger partial charge is 0.370 e. The van der Waals surface area contributed by atoms with E-state index in [-0.39, 0.29) is 5.69 Å². The molecule has 0 aliphatic carbocycles. The summed E-state index contributed by atoms with van der Waals surface area (Å²) in [5.41, 5.74) is -0.321. The summed E-state index contributed by atoms with van der Waals surface area (Å²) >= 11 is 6.33. The molecule has 0 bridgehead atoms. The van der Waals surface area contributed by atoms with E-state index < -0.39 is 11.7 Å². The van der Waals surface area contributed by atoms with Crippen molar-refractivity contribution in [3.8, 4) is 0 Å². The van der Waals surface area contributed by atoms with Crippen molar-refractivity contribution >= 4 is 37.5 Å². The first-order valence-electron chi connectivity index (χ1n) is 5.21. The Balaban J connectivity index is 2.54. The predicted octanol–water partition coefficient (Wildman–Crippen LogP) is 4.83. The van der Waals surface area contributed by atoms with Crippen LogP contribution in [0.2, 0.25) is 0 Å². The van der Waals surface area contributed by atoms with E-state index in [0.29, 0.717) is 22.0 Å². The maximum atomic E-state index is 13.0. The SMILES string of the molecule is FC(F)(F)c1cc(Br)cc(Br)c1N1CCCC1. The van der Waals surface area contributed by atoms with Gasteiger partial charge in [0.05, 0.1) is 11.3 Å². The van der Waals surface area contributed by atoms with Crippen LogP contribution in [0.25, 0.3) is 0 Å². The van der Waals surface area contributed by atoms with Gasteiger partial charge in [-0.1, -0.05) is 15.9 Å². The largest absolute Gasteiger partial charge is 0.418 e. The molecule has 1 aliphatic heterocycles. The van der Waals surface area contributed by atoms with E-state index in [0.717, 1.165) is 18.9 Å². The summed E-state index contributed by atoms with van der Waals surface area (Å²) in [5, 5.41) is 0. The number of halogens is 5. The van der Waals surface area contributed by atoms with Gasteiger partial charge in [-0.25, -0.2) is 0 Å². The van der Waals surface area contributed by atoms with Crippen molar-refractivity contribution in [1.29, 1.82) is 0 Å². The second-order valence-corrected chi connectivity index (χ2v) is 5.75. The Hall–Kier alpha value is -0.230. The molecule has 0 atom stereocenters. The minimum Gasteiger partial charge on any atom is -0.370 e. The van der Waals surface area contributed by atoms with Crippen LogP contribution in [0.5, 0.6) is 0 Å². The molecule has 0 N–H and O–H groups in total. The number of rotatable bonds is 1. The molecule has 0 unspecified atom stereocenters. The Bertz CT molecular complexity index is 425. The van der Waals surface area contributed by atoms with E-state index in [1.165, 1.54) is 0 Å². The third-order valence-electron chi connectivity index (χ3n) is 2.76. The van der Waals surface area contributed by atoms with Crippen molar-refractivity contribution in [2.75, 3.05) is 18.0 Å². The number of benzene rings is 1. The predicted molar refractivity (Wildman–Crippen MR) is 68.3 cm³/mol. The maximum absolute atomic E-state index is 13.0. The molecule has 1 aliphatic rings. The summed E-state index contributed by atoms with van der Waals surface area (Å²) in [5.74, 6) is 0. The Morgan fingerprint density at radius 2 is 1.65 bits per heavy atom. The van der Waals surface area contributed by atoms with Gasteiger partial charge in [-0.3, -0.25) is 0 Å². The van der Waals surface area contributed by atoms with Crippen molar-refractivity contribution < 1.29 is 13.2 Å². The minimum absolute atomic E-state index is 0.262. The molecule has 1 fully saturated rings. The molecule has 2 rings (SSSR count). The average Bonchev–Trinajstić information content (AvgIpc) is 2.67. The fourth-order valence-corrected chi connectivity index (χ4v) is 3.52. The second-order valence-electron chi connectivity index (χ2n) is 3.98. The van der Waals surface area contributed by atoms with Gasteiger partial charge < -0.3 is 4.90 Å². The molecule has 0 spiro atoms. The van der Waals surface area contributed by atoms with Gasteiger partial charge >= 0.3 is 6.18 Å². The van der Waals surface area contributed by atoms with Gasteiger partial charge in [0.25, 0.3) is 0 Å². The van der Waals surface area contributed by atoms with Crippen molar-refractivity contribution in [1.82, 2.24) is 0 Å². The van der Waals surface area contributed by atoms with Gasteiger partial charge in [0.2, 0.25) is 0 Å². The quantitative estimate of drug-likeness (QED) is 0.682. The van der Waals surface area contributed by atoms with E-state index in [9.17, 15) is 13.2 Å². The lowest BCUT2D eigenvalue weighted by atomic mass is 10.1. The van der Waals surface area contributed by atoms with Crippen molar-refractivity contribution in [3.63, 3.8) is 0 Å². The summed E-state index contributed by atoms with van der Waals surface area (Å²) in [6.45, 7) is 1.37. The minimum atomic E-state index is -4.33. The van der Waals surface area contributed by atoms with Crippen LogP contribution in [-0.2, 0) is 6.18 Å². The zero-order valence-corrected chi connectivity index (χ0v) is 12.0. The van der Waals surface area contributed by atoms with E-state index in [1.54, 1.807) is 11.0 Å². The Labute approximate surface area is 114 Å². The first-order valence-corrected chi connectivity index (χ1v) is 6.79. The third kappa shape index (κ3) is 2.78. The second kappa shape index (κ2) is 4.80. The lowest BCUT2D eigenvalue weighted by Gasteiger charge is -2.24. The molecule has 0 amide bonds. The monoisotopic (exact) mass is 371 g/mol. The molecule has 0 saturated carbocycles. The topological polar surface area (TPSA) is 3.24 Å². The van der Waals surface area contributed by atoms with Crippen LogP contribution in [0.4, 0.5) is 18.9 Å². The summed E-state index contributed by atoms with van der Waals surface area (Å²) < 4.78 is 39.9. The molecule has 6 heteroatoms. The van der Waals surface area contributed by atoms with E-state index in [2.05, 4.69) is 31.9 Å². The van der Waals surface area contributed by atoms with Gasteiger partial charge in [-0.15, -0.1) is 0 Å². The van der Waals surface area contributed by atoms with Gasteiger partial charge in [-0.2, -0.15) is 13.2 Å². The lowest BCUT2D eigenvalue weighted by Crippen LogP contribution is -2.22. The first-order chi connectivity index (χ1) is 7.89. The number of nitrogens with zero attached hydrogens (tertiary/aromatic N) is 1. The van der Waals surface area contributed by atoms with Gasteiger partial charge in [-0.05, 0) is 40.9 Å². The molecule has 0 aromatic heterocycles. The summed E-state index contributed by atoms with van der Waals surface area (Å²) in [6.07, 6.45) is -2.44. The molecular weight excluding hydrogens is 363 g/mol. The highest BCUT2D eigenvalue weighted by Gasteiger charge is 2.36. The van der Waals surface area contributed by atoms with Gasteiger partial charge in [0, 0.05) is 22.0 Å². The maximum Gasteiger partial charge on any atom is 0.418 e. The zero-order chi connectivity index (χ0) is 12.6. The van der Waals surface area contributed by atoms with Crippen LogP contribution in [0, 0.1) is 0 Å². The zero-order valence-electron chi connectivity index (χ0n) is 8.82. The highest BCUT2D eigenvalue weighted by atomic mass is 79.9. The van der Waals surface area contributed by atoms with Crippen LogP contribution in [0.15, 0.2) is 21.1 Å². The first kappa shape index (κ1) is 13.2. The Morgan fingerprint density at radius 1 is 1.06 bits per heavy atom. The fourth-order valence-electron chi connectivity index (χ4n) is 2.04. The lowest BCUT2D eigenvalue weighted by molar-refractivity contribution is -0.137. The fraction of sp³-hybridized carbons (Fsp3) is 0.455. The molecule has 1 saturated heterocycles. The molecule has 1 aromatic carbocycles. The highest BCUT2D eigenvalue weighted by Crippen LogP contribution is 2.43. The molecule has 1 aromatic rings. The van der Waals surface area contributed by atoms with Crippen LogP contribution in [0.1, 0.15) is 18.4 Å². The van der Waals surface area contributed by atoms with Crippen LogP contribution < -0.4 is 4.90 Å². The van der Waals surface area contributed by atoms with Crippen molar-refractivity contribution in [2.45, 2.75) is 19.0 Å². The Morgan fingerprint density at radius 3 is 2.18 bits per heavy atom. The van der Waals surface area contributed by atoms with E-state index >= 15 is 0 Å². The van der Waals surface area contributed by atoms with Crippen LogP contribution in [-0.4, -0.2) is 13.1 Å². The molecule has 94 valence electrons. The summed E-state index contributed by atoms with van der Waals surface area (Å²) in [4.78, 5) is 1.79. The molecule has 1 heterocycles. The van der Waals surface area contributed by atoms with E-state index in [4.69, 9.17) is 0 Å². The number of alkyl halides is 3. The van der Waals surface area contributed by atoms with E-state index in [1.807, 2.05) is 0 Å². The van der Waals surface area contributed by atoms with Crippen LogP contribution in [0.3, 0.4) is 0 Å². The average molecular weight is 373 g/mol. The number of hydrogen-bond donors (Lipinski definition) is 0.